The number of hydrogen-bond donors (Lipinski definition) is 0. The highest BCUT2D eigenvalue weighted by Crippen LogP contribution is 2.42. The van der Waals surface area contributed by atoms with Crippen LogP contribution in [0.5, 0.6) is 5.75 Å². The molecule has 0 fully saturated rings. The molecule has 0 spiro atoms. The van der Waals surface area contributed by atoms with E-state index in [0.717, 1.165) is 29.7 Å². The highest BCUT2D eigenvalue weighted by atomic mass is 16.5. The van der Waals surface area contributed by atoms with Gasteiger partial charge >= 0.3 is 0 Å². The molecule has 2 aromatic carbocycles. The van der Waals surface area contributed by atoms with Crippen molar-refractivity contribution in [2.75, 3.05) is 12.0 Å². The minimum absolute atomic E-state index is 0.00427. The highest BCUT2D eigenvalue weighted by molar-refractivity contribution is 5.92. The third-order valence-corrected chi connectivity index (χ3v) is 5.52. The van der Waals surface area contributed by atoms with Gasteiger partial charge in [0, 0.05) is 6.42 Å². The molecule has 2 heterocycles. The van der Waals surface area contributed by atoms with Crippen molar-refractivity contribution in [3.05, 3.63) is 71.5 Å². The van der Waals surface area contributed by atoms with Gasteiger partial charge in [0.05, 0.1) is 19.2 Å². The van der Waals surface area contributed by atoms with Crippen LogP contribution in [0.2, 0.25) is 0 Å². The first-order chi connectivity index (χ1) is 14.1. The van der Waals surface area contributed by atoms with Crippen LogP contribution in [0.15, 0.2) is 54.9 Å². The van der Waals surface area contributed by atoms with Crippen molar-refractivity contribution in [3.63, 3.8) is 0 Å². The van der Waals surface area contributed by atoms with E-state index in [2.05, 4.69) is 53.4 Å². The van der Waals surface area contributed by atoms with E-state index < -0.39 is 0 Å². The van der Waals surface area contributed by atoms with Crippen molar-refractivity contribution in [2.24, 2.45) is 0 Å². The third-order valence-electron chi connectivity index (χ3n) is 5.52. The maximum Gasteiger partial charge on any atom is 0.231 e. The van der Waals surface area contributed by atoms with E-state index in [1.54, 1.807) is 7.11 Å². The standard InChI is InChI=1S/C23H26N4O2/c1-4-5-22(28)26-20(17-8-6-16(2)7-9-17)14-21(27-23(26)24-15-25-27)18-10-12-19(29-3)13-11-18/h6-13,15,20-21H,4-5,14H2,1-3H3/t20-,21+/m1/s1. The quantitative estimate of drug-likeness (QED) is 0.645. The number of amides is 1. The Hall–Kier alpha value is -3.15. The molecule has 6 nitrogen and oxygen atoms in total. The molecule has 6 heteroatoms. The van der Waals surface area contributed by atoms with Crippen LogP contribution in [-0.4, -0.2) is 27.8 Å². The molecule has 0 aliphatic carbocycles. The minimum atomic E-state index is -0.0848. The van der Waals surface area contributed by atoms with Gasteiger partial charge in [-0.3, -0.25) is 9.69 Å². The Bertz CT molecular complexity index is 979. The smallest absolute Gasteiger partial charge is 0.231 e. The number of fused-ring (bicyclic) bond motifs is 1. The molecule has 0 bridgehead atoms. The Kier molecular flexibility index (Phi) is 5.34. The average Bonchev–Trinajstić information content (AvgIpc) is 3.23. The molecule has 3 aromatic rings. The summed E-state index contributed by atoms with van der Waals surface area (Å²) in [5.74, 6) is 1.51. The summed E-state index contributed by atoms with van der Waals surface area (Å²) < 4.78 is 7.18. The molecule has 1 aliphatic rings. The Morgan fingerprint density at radius 1 is 1.07 bits per heavy atom. The summed E-state index contributed by atoms with van der Waals surface area (Å²) in [5, 5.41) is 4.47. The van der Waals surface area contributed by atoms with E-state index >= 15 is 0 Å². The van der Waals surface area contributed by atoms with E-state index in [9.17, 15) is 4.79 Å². The molecule has 0 unspecified atom stereocenters. The lowest BCUT2D eigenvalue weighted by molar-refractivity contribution is -0.119. The summed E-state index contributed by atoms with van der Waals surface area (Å²) in [6, 6.07) is 16.4. The van der Waals surface area contributed by atoms with Gasteiger partial charge in [-0.05, 0) is 43.0 Å². The predicted octanol–water partition coefficient (Wildman–Crippen LogP) is 4.46. The zero-order valence-electron chi connectivity index (χ0n) is 17.1. The molecule has 0 saturated heterocycles. The molecule has 150 valence electrons. The van der Waals surface area contributed by atoms with Crippen molar-refractivity contribution >= 4 is 11.9 Å². The zero-order chi connectivity index (χ0) is 20.4. The first-order valence-electron chi connectivity index (χ1n) is 10.0. The number of anilines is 1. The molecule has 1 amide bonds. The van der Waals surface area contributed by atoms with Gasteiger partial charge in [0.25, 0.3) is 0 Å². The summed E-state index contributed by atoms with van der Waals surface area (Å²) in [7, 11) is 1.66. The van der Waals surface area contributed by atoms with Gasteiger partial charge in [-0.1, -0.05) is 48.9 Å². The number of ether oxygens (including phenoxy) is 1. The van der Waals surface area contributed by atoms with Crippen LogP contribution in [0, 0.1) is 6.92 Å². The van der Waals surface area contributed by atoms with Gasteiger partial charge in [-0.25, -0.2) is 4.68 Å². The number of methoxy groups -OCH3 is 1. The van der Waals surface area contributed by atoms with E-state index in [0.29, 0.717) is 12.4 Å². The van der Waals surface area contributed by atoms with Crippen LogP contribution in [0.3, 0.4) is 0 Å². The molecule has 2 atom stereocenters. The summed E-state index contributed by atoms with van der Waals surface area (Å²) in [6.07, 6.45) is 3.56. The lowest BCUT2D eigenvalue weighted by Gasteiger charge is -2.39. The molecule has 0 radical (unpaired) electrons. The number of aryl methyl sites for hydroxylation is 1. The summed E-state index contributed by atoms with van der Waals surface area (Å²) >= 11 is 0. The number of aromatic nitrogens is 3. The number of carbonyl (C=O) groups excluding carboxylic acids is 1. The molecule has 0 saturated carbocycles. The Balaban J connectivity index is 1.79. The van der Waals surface area contributed by atoms with E-state index in [4.69, 9.17) is 4.74 Å². The SMILES string of the molecule is CCCC(=O)N1c2ncnn2[C@H](c2ccc(OC)cc2)C[C@@H]1c1ccc(C)cc1. The van der Waals surface area contributed by atoms with Gasteiger partial charge in [0.15, 0.2) is 0 Å². The Morgan fingerprint density at radius 2 is 1.72 bits per heavy atom. The van der Waals surface area contributed by atoms with Crippen LogP contribution in [0.25, 0.3) is 0 Å². The maximum atomic E-state index is 13.1. The van der Waals surface area contributed by atoms with E-state index in [1.807, 2.05) is 28.6 Å². The fourth-order valence-electron chi connectivity index (χ4n) is 3.99. The van der Waals surface area contributed by atoms with Crippen molar-refractivity contribution in [2.45, 2.75) is 45.2 Å². The summed E-state index contributed by atoms with van der Waals surface area (Å²) in [6.45, 7) is 4.09. The van der Waals surface area contributed by atoms with Crippen molar-refractivity contribution in [1.82, 2.24) is 14.8 Å². The largest absolute Gasteiger partial charge is 0.497 e. The van der Waals surface area contributed by atoms with Crippen LogP contribution in [-0.2, 0) is 4.79 Å². The normalized spacial score (nSPS) is 18.4. The van der Waals surface area contributed by atoms with Gasteiger partial charge in [-0.2, -0.15) is 10.1 Å². The zero-order valence-corrected chi connectivity index (χ0v) is 17.1. The molecular weight excluding hydrogens is 364 g/mol. The van der Waals surface area contributed by atoms with Crippen molar-refractivity contribution in [1.29, 1.82) is 0 Å². The summed E-state index contributed by atoms with van der Waals surface area (Å²) in [4.78, 5) is 19.4. The predicted molar refractivity (Wildman–Crippen MR) is 112 cm³/mol. The average molecular weight is 390 g/mol. The van der Waals surface area contributed by atoms with Gasteiger partial charge in [0.1, 0.15) is 12.1 Å². The second-order valence-electron chi connectivity index (χ2n) is 7.47. The third kappa shape index (κ3) is 3.62. The van der Waals surface area contributed by atoms with Crippen LogP contribution in [0.4, 0.5) is 5.95 Å². The number of hydrogen-bond acceptors (Lipinski definition) is 4. The Labute approximate surface area is 171 Å². The second-order valence-corrected chi connectivity index (χ2v) is 7.47. The second kappa shape index (κ2) is 8.07. The number of carbonyl (C=O) groups is 1. The Morgan fingerprint density at radius 3 is 2.38 bits per heavy atom. The fraction of sp³-hybridized carbons (Fsp3) is 0.348. The monoisotopic (exact) mass is 390 g/mol. The van der Waals surface area contributed by atoms with Crippen LogP contribution >= 0.6 is 0 Å². The highest BCUT2D eigenvalue weighted by Gasteiger charge is 2.38. The number of rotatable bonds is 5. The van der Waals surface area contributed by atoms with Gasteiger partial charge in [0.2, 0.25) is 11.9 Å². The maximum absolute atomic E-state index is 13.1. The van der Waals surface area contributed by atoms with Crippen LogP contribution in [0.1, 0.15) is 55.0 Å². The first kappa shape index (κ1) is 19.2. The molecule has 1 aromatic heterocycles. The molecular formula is C23H26N4O2. The lowest BCUT2D eigenvalue weighted by Crippen LogP contribution is -2.42. The van der Waals surface area contributed by atoms with Crippen LogP contribution < -0.4 is 9.64 Å². The van der Waals surface area contributed by atoms with Crippen molar-refractivity contribution < 1.29 is 9.53 Å². The van der Waals surface area contributed by atoms with Gasteiger partial charge in [-0.15, -0.1) is 0 Å². The molecule has 4 rings (SSSR count). The summed E-state index contributed by atoms with van der Waals surface area (Å²) in [5.41, 5.74) is 3.44. The fourth-order valence-corrected chi connectivity index (χ4v) is 3.99. The first-order valence-corrected chi connectivity index (χ1v) is 10.0. The topological polar surface area (TPSA) is 60.2 Å². The molecule has 0 N–H and O–H groups in total. The van der Waals surface area contributed by atoms with Crippen molar-refractivity contribution in [3.8, 4) is 5.75 Å². The van der Waals surface area contributed by atoms with Gasteiger partial charge < -0.3 is 4.74 Å². The van der Waals surface area contributed by atoms with E-state index in [-0.39, 0.29) is 18.0 Å². The molecule has 1 aliphatic heterocycles. The van der Waals surface area contributed by atoms with E-state index in [1.165, 1.54) is 11.9 Å². The number of benzene rings is 2. The minimum Gasteiger partial charge on any atom is -0.497 e. The number of nitrogens with zero attached hydrogens (tertiary/aromatic N) is 4. The molecule has 29 heavy (non-hydrogen) atoms. The lowest BCUT2D eigenvalue weighted by atomic mass is 9.91.